The van der Waals surface area contributed by atoms with E-state index in [0.29, 0.717) is 13.0 Å². The molecule has 1 aliphatic heterocycles. The molecule has 2 heterocycles. The molecule has 2 rings (SSSR count). The van der Waals surface area contributed by atoms with Crippen molar-refractivity contribution in [2.45, 2.75) is 25.7 Å². The monoisotopic (exact) mass is 295 g/mol. The molecule has 0 radical (unpaired) electrons. The number of carbonyl (C=O) groups is 2. The van der Waals surface area contributed by atoms with Crippen LogP contribution in [0.3, 0.4) is 0 Å². The molecule has 108 valence electrons. The van der Waals surface area contributed by atoms with Gasteiger partial charge < -0.3 is 10.2 Å². The van der Waals surface area contributed by atoms with E-state index in [4.69, 9.17) is 11.6 Å². The van der Waals surface area contributed by atoms with Crippen LogP contribution in [0.2, 0.25) is 5.15 Å². The third kappa shape index (κ3) is 4.20. The fourth-order valence-corrected chi connectivity index (χ4v) is 2.37. The minimum atomic E-state index is -0.307. The van der Waals surface area contributed by atoms with Crippen molar-refractivity contribution in [2.24, 2.45) is 0 Å². The van der Waals surface area contributed by atoms with Crippen molar-refractivity contribution in [3.63, 3.8) is 0 Å². The highest BCUT2D eigenvalue weighted by Gasteiger charge is 2.16. The molecule has 0 spiro atoms. The summed E-state index contributed by atoms with van der Waals surface area (Å²) < 4.78 is 0. The van der Waals surface area contributed by atoms with Gasteiger partial charge in [0.05, 0.1) is 0 Å². The third-order valence-corrected chi connectivity index (χ3v) is 3.49. The Morgan fingerprint density at radius 1 is 1.25 bits per heavy atom. The number of hydrogen-bond acceptors (Lipinski definition) is 3. The van der Waals surface area contributed by atoms with Gasteiger partial charge in [0, 0.05) is 26.1 Å². The lowest BCUT2D eigenvalue weighted by molar-refractivity contribution is -0.131. The van der Waals surface area contributed by atoms with Gasteiger partial charge in [-0.1, -0.05) is 17.7 Å². The first-order valence-electron chi connectivity index (χ1n) is 6.85. The normalized spacial score (nSPS) is 14.9. The molecule has 1 aromatic rings. The van der Waals surface area contributed by atoms with Crippen LogP contribution in [0.25, 0.3) is 0 Å². The Hall–Kier alpha value is -1.62. The quantitative estimate of drug-likeness (QED) is 0.863. The number of amides is 2. The molecule has 1 N–H and O–H groups in total. The molecular formula is C14H18ClN3O2. The van der Waals surface area contributed by atoms with Gasteiger partial charge in [-0.3, -0.25) is 9.59 Å². The molecule has 1 fully saturated rings. The molecule has 0 unspecified atom stereocenters. The summed E-state index contributed by atoms with van der Waals surface area (Å²) in [5.74, 6) is -0.206. The number of nitrogens with zero attached hydrogens (tertiary/aromatic N) is 2. The van der Waals surface area contributed by atoms with E-state index in [1.807, 2.05) is 4.90 Å². The van der Waals surface area contributed by atoms with E-state index in [1.165, 1.54) is 6.42 Å². The number of carbonyl (C=O) groups excluding carboxylic acids is 2. The Balaban J connectivity index is 1.75. The van der Waals surface area contributed by atoms with Gasteiger partial charge in [-0.15, -0.1) is 0 Å². The van der Waals surface area contributed by atoms with Crippen molar-refractivity contribution in [3.05, 3.63) is 29.0 Å². The fourth-order valence-electron chi connectivity index (χ4n) is 2.21. The predicted molar refractivity (Wildman–Crippen MR) is 76.6 cm³/mol. The second kappa shape index (κ2) is 7.24. The Morgan fingerprint density at radius 2 is 2.00 bits per heavy atom. The number of likely N-dealkylation sites (tertiary alicyclic amines) is 1. The van der Waals surface area contributed by atoms with Crippen LogP contribution >= 0.6 is 11.6 Å². The Kier molecular flexibility index (Phi) is 5.35. The van der Waals surface area contributed by atoms with Crippen LogP contribution in [0.15, 0.2) is 18.2 Å². The molecule has 0 aliphatic carbocycles. The second-order valence-electron chi connectivity index (χ2n) is 4.79. The van der Waals surface area contributed by atoms with Gasteiger partial charge in [-0.25, -0.2) is 4.98 Å². The fraction of sp³-hybridized carbons (Fsp3) is 0.500. The first-order valence-corrected chi connectivity index (χ1v) is 7.23. The van der Waals surface area contributed by atoms with E-state index in [9.17, 15) is 9.59 Å². The van der Waals surface area contributed by atoms with Crippen LogP contribution in [-0.4, -0.2) is 41.3 Å². The zero-order chi connectivity index (χ0) is 14.4. The summed E-state index contributed by atoms with van der Waals surface area (Å²) in [4.78, 5) is 29.5. The van der Waals surface area contributed by atoms with Gasteiger partial charge in [-0.05, 0) is 31.4 Å². The van der Waals surface area contributed by atoms with E-state index in [1.54, 1.807) is 18.2 Å². The lowest BCUT2D eigenvalue weighted by atomic mass is 10.1. The third-order valence-electron chi connectivity index (χ3n) is 3.28. The van der Waals surface area contributed by atoms with E-state index in [2.05, 4.69) is 10.3 Å². The second-order valence-corrected chi connectivity index (χ2v) is 5.18. The van der Waals surface area contributed by atoms with Crippen molar-refractivity contribution in [1.82, 2.24) is 15.2 Å². The highest BCUT2D eigenvalue weighted by atomic mass is 35.5. The summed E-state index contributed by atoms with van der Waals surface area (Å²) in [6.45, 7) is 1.99. The maximum Gasteiger partial charge on any atom is 0.269 e. The number of halogens is 1. The molecule has 0 bridgehead atoms. The average molecular weight is 296 g/mol. The standard InChI is InChI=1S/C14H18ClN3O2/c15-12-6-4-5-11(17-12)14(20)16-8-7-13(19)18-9-2-1-3-10-18/h4-6H,1-3,7-10H2,(H,16,20). The molecule has 0 aromatic carbocycles. The predicted octanol–water partition coefficient (Wildman–Crippen LogP) is 1.87. The van der Waals surface area contributed by atoms with Crippen LogP contribution < -0.4 is 5.32 Å². The molecule has 2 amide bonds. The molecule has 1 aromatic heterocycles. The first-order chi connectivity index (χ1) is 9.66. The van der Waals surface area contributed by atoms with Crippen LogP contribution in [0, 0.1) is 0 Å². The molecule has 5 nitrogen and oxygen atoms in total. The van der Waals surface area contributed by atoms with Gasteiger partial charge >= 0.3 is 0 Å². The van der Waals surface area contributed by atoms with Gasteiger partial charge in [0.15, 0.2) is 0 Å². The number of nitrogens with one attached hydrogen (secondary N) is 1. The van der Waals surface area contributed by atoms with Gasteiger partial charge in [0.2, 0.25) is 5.91 Å². The lowest BCUT2D eigenvalue weighted by Crippen LogP contribution is -2.37. The Bertz CT molecular complexity index is 487. The zero-order valence-electron chi connectivity index (χ0n) is 11.3. The number of hydrogen-bond donors (Lipinski definition) is 1. The number of piperidine rings is 1. The Labute approximate surface area is 123 Å². The SMILES string of the molecule is O=C(NCCC(=O)N1CCCCC1)c1cccc(Cl)n1. The van der Waals surface area contributed by atoms with Crippen molar-refractivity contribution in [3.8, 4) is 0 Å². The Morgan fingerprint density at radius 3 is 2.70 bits per heavy atom. The molecule has 6 heteroatoms. The topological polar surface area (TPSA) is 62.3 Å². The van der Waals surface area contributed by atoms with Crippen LogP contribution in [0.1, 0.15) is 36.2 Å². The molecular weight excluding hydrogens is 278 g/mol. The lowest BCUT2D eigenvalue weighted by Gasteiger charge is -2.26. The van der Waals surface area contributed by atoms with E-state index < -0.39 is 0 Å². The minimum Gasteiger partial charge on any atom is -0.350 e. The summed E-state index contributed by atoms with van der Waals surface area (Å²) in [6.07, 6.45) is 3.67. The van der Waals surface area contributed by atoms with Gasteiger partial charge in [-0.2, -0.15) is 0 Å². The molecule has 1 saturated heterocycles. The largest absolute Gasteiger partial charge is 0.350 e. The highest BCUT2D eigenvalue weighted by molar-refractivity contribution is 6.29. The summed E-state index contributed by atoms with van der Waals surface area (Å²) >= 11 is 5.72. The number of rotatable bonds is 4. The zero-order valence-corrected chi connectivity index (χ0v) is 12.0. The number of aromatic nitrogens is 1. The van der Waals surface area contributed by atoms with Crippen LogP contribution in [0.5, 0.6) is 0 Å². The smallest absolute Gasteiger partial charge is 0.269 e. The summed E-state index contributed by atoms with van der Waals surface area (Å²) in [5, 5.41) is 2.97. The summed E-state index contributed by atoms with van der Waals surface area (Å²) in [5.41, 5.74) is 0.267. The molecule has 20 heavy (non-hydrogen) atoms. The maximum absolute atomic E-state index is 11.9. The van der Waals surface area contributed by atoms with Crippen molar-refractivity contribution in [1.29, 1.82) is 0 Å². The van der Waals surface area contributed by atoms with Gasteiger partial charge in [0.25, 0.3) is 5.91 Å². The molecule has 0 atom stereocenters. The summed E-state index contributed by atoms with van der Waals surface area (Å²) in [6, 6.07) is 4.87. The van der Waals surface area contributed by atoms with E-state index in [0.717, 1.165) is 25.9 Å². The first kappa shape index (κ1) is 14.8. The van der Waals surface area contributed by atoms with Crippen molar-refractivity contribution in [2.75, 3.05) is 19.6 Å². The van der Waals surface area contributed by atoms with Gasteiger partial charge in [0.1, 0.15) is 10.8 Å². The maximum atomic E-state index is 11.9. The number of pyridine rings is 1. The minimum absolute atomic E-state index is 0.101. The van der Waals surface area contributed by atoms with Crippen molar-refractivity contribution >= 4 is 23.4 Å². The van der Waals surface area contributed by atoms with Crippen molar-refractivity contribution < 1.29 is 9.59 Å². The van der Waals surface area contributed by atoms with Crippen LogP contribution in [-0.2, 0) is 4.79 Å². The highest BCUT2D eigenvalue weighted by Crippen LogP contribution is 2.09. The molecule has 0 saturated carbocycles. The van der Waals surface area contributed by atoms with Crippen LogP contribution in [0.4, 0.5) is 0 Å². The average Bonchev–Trinajstić information content (AvgIpc) is 2.48. The van der Waals surface area contributed by atoms with E-state index in [-0.39, 0.29) is 22.7 Å². The molecule has 1 aliphatic rings. The van der Waals surface area contributed by atoms with E-state index >= 15 is 0 Å². The summed E-state index contributed by atoms with van der Waals surface area (Å²) in [7, 11) is 0.